The van der Waals surface area contributed by atoms with Crippen LogP contribution in [0.1, 0.15) is 42.9 Å². The van der Waals surface area contributed by atoms with E-state index in [1.165, 1.54) is 0 Å². The molecule has 2 rings (SSSR count). The summed E-state index contributed by atoms with van der Waals surface area (Å²) in [5.41, 5.74) is 8.05. The van der Waals surface area contributed by atoms with Crippen LogP contribution in [0.3, 0.4) is 0 Å². The Labute approximate surface area is 107 Å². The monoisotopic (exact) mass is 249 g/mol. The molecule has 0 aromatic heterocycles. The first-order chi connectivity index (χ1) is 8.59. The fourth-order valence-corrected chi connectivity index (χ4v) is 2.37. The normalized spacial score (nSPS) is 18.3. The largest absolute Gasteiger partial charge is 0.481 e. The third-order valence-corrected chi connectivity index (χ3v) is 3.62. The van der Waals surface area contributed by atoms with Crippen molar-refractivity contribution in [2.45, 2.75) is 37.3 Å². The van der Waals surface area contributed by atoms with Gasteiger partial charge in [-0.1, -0.05) is 24.3 Å². The molecule has 0 aliphatic heterocycles. The molecule has 1 fully saturated rings. The summed E-state index contributed by atoms with van der Waals surface area (Å²) in [7, 11) is 1.71. The molecule has 1 saturated carbocycles. The van der Waals surface area contributed by atoms with Gasteiger partial charge in [0.15, 0.2) is 0 Å². The predicted octanol–water partition coefficient (Wildman–Crippen LogP) is 2.19. The number of methoxy groups -OCH3 is 1. The lowest BCUT2D eigenvalue weighted by molar-refractivity contribution is -0.137. The maximum absolute atomic E-state index is 10.6. The van der Waals surface area contributed by atoms with E-state index in [1.54, 1.807) is 7.11 Å². The SMILES string of the molecule is COC1(c2ccccc2C(N)CCC(=O)O)CC1. The average Bonchev–Trinajstić information content (AvgIpc) is 3.17. The topological polar surface area (TPSA) is 72.5 Å². The maximum atomic E-state index is 10.6. The molecular formula is C14H19NO3. The molecule has 4 nitrogen and oxygen atoms in total. The second-order valence-corrected chi connectivity index (χ2v) is 4.82. The summed E-state index contributed by atoms with van der Waals surface area (Å²) in [4.78, 5) is 10.6. The quantitative estimate of drug-likeness (QED) is 0.810. The van der Waals surface area contributed by atoms with E-state index in [1.807, 2.05) is 24.3 Å². The number of benzene rings is 1. The fourth-order valence-electron chi connectivity index (χ4n) is 2.37. The summed E-state index contributed by atoms with van der Waals surface area (Å²) in [6.07, 6.45) is 2.56. The standard InChI is InChI=1S/C14H19NO3/c1-18-14(8-9-14)11-5-3-2-4-10(11)12(15)6-7-13(16)17/h2-5,12H,6-9,15H2,1H3,(H,16,17). The summed E-state index contributed by atoms with van der Waals surface area (Å²) < 4.78 is 5.58. The van der Waals surface area contributed by atoms with E-state index in [0.717, 1.165) is 24.0 Å². The highest BCUT2D eigenvalue weighted by molar-refractivity contribution is 5.66. The zero-order chi connectivity index (χ0) is 13.2. The second kappa shape index (κ2) is 5.08. The minimum Gasteiger partial charge on any atom is -0.481 e. The lowest BCUT2D eigenvalue weighted by Crippen LogP contribution is -2.19. The van der Waals surface area contributed by atoms with Crippen molar-refractivity contribution < 1.29 is 14.6 Å². The third kappa shape index (κ3) is 2.54. The first kappa shape index (κ1) is 13.1. The number of aliphatic carboxylic acids is 1. The van der Waals surface area contributed by atoms with Crippen molar-refractivity contribution in [3.63, 3.8) is 0 Å². The van der Waals surface area contributed by atoms with Crippen LogP contribution in [0.4, 0.5) is 0 Å². The highest BCUT2D eigenvalue weighted by atomic mass is 16.5. The van der Waals surface area contributed by atoms with E-state index in [-0.39, 0.29) is 18.1 Å². The van der Waals surface area contributed by atoms with Crippen molar-refractivity contribution >= 4 is 5.97 Å². The minimum atomic E-state index is -0.809. The molecule has 18 heavy (non-hydrogen) atoms. The average molecular weight is 249 g/mol. The van der Waals surface area contributed by atoms with Crippen molar-refractivity contribution in [2.24, 2.45) is 5.73 Å². The van der Waals surface area contributed by atoms with Crippen LogP contribution in [0.15, 0.2) is 24.3 Å². The number of carboxylic acids is 1. The summed E-state index contributed by atoms with van der Waals surface area (Å²) in [5, 5.41) is 8.72. The summed E-state index contributed by atoms with van der Waals surface area (Å²) in [5.74, 6) is -0.809. The number of hydrogen-bond donors (Lipinski definition) is 2. The van der Waals surface area contributed by atoms with E-state index < -0.39 is 5.97 Å². The minimum absolute atomic E-state index is 0.0927. The van der Waals surface area contributed by atoms with Crippen LogP contribution in [-0.4, -0.2) is 18.2 Å². The Morgan fingerprint density at radius 3 is 2.72 bits per heavy atom. The number of rotatable bonds is 6. The highest BCUT2D eigenvalue weighted by Crippen LogP contribution is 2.50. The first-order valence-electron chi connectivity index (χ1n) is 6.21. The van der Waals surface area contributed by atoms with E-state index >= 15 is 0 Å². The van der Waals surface area contributed by atoms with Gasteiger partial charge in [-0.3, -0.25) is 4.79 Å². The molecule has 4 heteroatoms. The molecule has 0 spiro atoms. The van der Waals surface area contributed by atoms with E-state index in [2.05, 4.69) is 0 Å². The van der Waals surface area contributed by atoms with Crippen molar-refractivity contribution in [2.75, 3.05) is 7.11 Å². The molecule has 0 radical (unpaired) electrons. The molecule has 1 atom stereocenters. The Balaban J connectivity index is 2.20. The van der Waals surface area contributed by atoms with Gasteiger partial charge in [-0.15, -0.1) is 0 Å². The van der Waals surface area contributed by atoms with Crippen molar-refractivity contribution in [1.82, 2.24) is 0 Å². The summed E-state index contributed by atoms with van der Waals surface area (Å²) in [6, 6.07) is 7.67. The smallest absolute Gasteiger partial charge is 0.303 e. The molecule has 0 amide bonds. The van der Waals surface area contributed by atoms with Gasteiger partial charge in [0.25, 0.3) is 0 Å². The zero-order valence-electron chi connectivity index (χ0n) is 10.6. The molecule has 1 aromatic carbocycles. The van der Waals surface area contributed by atoms with Gasteiger partial charge in [0.05, 0.1) is 5.60 Å². The molecule has 0 heterocycles. The molecule has 3 N–H and O–H groups in total. The molecule has 1 aliphatic carbocycles. The van der Waals surface area contributed by atoms with E-state index in [9.17, 15) is 4.79 Å². The Kier molecular flexibility index (Phi) is 3.68. The van der Waals surface area contributed by atoms with Crippen LogP contribution >= 0.6 is 0 Å². The van der Waals surface area contributed by atoms with Crippen LogP contribution in [0.5, 0.6) is 0 Å². The van der Waals surface area contributed by atoms with Gasteiger partial charge in [-0.05, 0) is 30.4 Å². The van der Waals surface area contributed by atoms with Crippen LogP contribution in [-0.2, 0) is 15.1 Å². The number of ether oxygens (including phenoxy) is 1. The van der Waals surface area contributed by atoms with Crippen molar-refractivity contribution in [1.29, 1.82) is 0 Å². The fraction of sp³-hybridized carbons (Fsp3) is 0.500. The van der Waals surface area contributed by atoms with Crippen LogP contribution in [0, 0.1) is 0 Å². The van der Waals surface area contributed by atoms with Gasteiger partial charge in [-0.2, -0.15) is 0 Å². The number of carboxylic acid groups (broad SMARTS) is 1. The maximum Gasteiger partial charge on any atom is 0.303 e. The number of nitrogens with two attached hydrogens (primary N) is 1. The zero-order valence-corrected chi connectivity index (χ0v) is 10.6. The van der Waals surface area contributed by atoms with Gasteiger partial charge in [0, 0.05) is 19.6 Å². The number of hydrogen-bond acceptors (Lipinski definition) is 3. The van der Waals surface area contributed by atoms with E-state index in [0.29, 0.717) is 6.42 Å². The Bertz CT molecular complexity index is 440. The molecule has 98 valence electrons. The number of carbonyl (C=O) groups is 1. The molecule has 0 saturated heterocycles. The molecule has 1 aromatic rings. The molecule has 1 unspecified atom stereocenters. The van der Waals surface area contributed by atoms with Crippen LogP contribution in [0.2, 0.25) is 0 Å². The predicted molar refractivity (Wildman–Crippen MR) is 68.2 cm³/mol. The van der Waals surface area contributed by atoms with Crippen LogP contribution < -0.4 is 5.73 Å². The first-order valence-corrected chi connectivity index (χ1v) is 6.21. The highest BCUT2D eigenvalue weighted by Gasteiger charge is 2.46. The van der Waals surface area contributed by atoms with Gasteiger partial charge in [-0.25, -0.2) is 0 Å². The van der Waals surface area contributed by atoms with Gasteiger partial charge in [0.1, 0.15) is 0 Å². The molecule has 1 aliphatic rings. The van der Waals surface area contributed by atoms with E-state index in [4.69, 9.17) is 15.6 Å². The molecule has 0 bridgehead atoms. The van der Waals surface area contributed by atoms with Crippen molar-refractivity contribution in [3.05, 3.63) is 35.4 Å². The lowest BCUT2D eigenvalue weighted by Gasteiger charge is -2.21. The van der Waals surface area contributed by atoms with Crippen molar-refractivity contribution in [3.8, 4) is 0 Å². The Morgan fingerprint density at radius 1 is 1.50 bits per heavy atom. The summed E-state index contributed by atoms with van der Waals surface area (Å²) in [6.45, 7) is 0. The lowest BCUT2D eigenvalue weighted by atomic mass is 9.93. The van der Waals surface area contributed by atoms with Gasteiger partial charge < -0.3 is 15.6 Å². The van der Waals surface area contributed by atoms with Crippen LogP contribution in [0.25, 0.3) is 0 Å². The second-order valence-electron chi connectivity index (χ2n) is 4.82. The molecular weight excluding hydrogens is 230 g/mol. The van der Waals surface area contributed by atoms with Gasteiger partial charge >= 0.3 is 5.97 Å². The summed E-state index contributed by atoms with van der Waals surface area (Å²) >= 11 is 0. The third-order valence-electron chi connectivity index (χ3n) is 3.62. The Morgan fingerprint density at radius 2 is 2.17 bits per heavy atom. The Hall–Kier alpha value is -1.39. The van der Waals surface area contributed by atoms with Gasteiger partial charge in [0.2, 0.25) is 0 Å².